The van der Waals surface area contributed by atoms with Crippen LogP contribution in [-0.4, -0.2) is 44.4 Å². The van der Waals surface area contributed by atoms with Crippen LogP contribution in [0.15, 0.2) is 42.6 Å². The molecular formula is C30H33F2N7OPS2+. The Labute approximate surface area is 259 Å². The van der Waals surface area contributed by atoms with E-state index in [1.165, 1.54) is 35.0 Å². The molecule has 1 aliphatic carbocycles. The third-order valence-electron chi connectivity index (χ3n) is 7.73. The molecule has 1 aliphatic heterocycles. The molecule has 3 heterocycles. The van der Waals surface area contributed by atoms with Crippen LogP contribution in [0.4, 0.5) is 31.8 Å². The summed E-state index contributed by atoms with van der Waals surface area (Å²) in [4.78, 5) is 28.1. The first kappa shape index (κ1) is 29.8. The van der Waals surface area contributed by atoms with E-state index in [0.717, 1.165) is 17.8 Å². The second-order valence-corrected chi connectivity index (χ2v) is 14.8. The molecule has 2 aromatic heterocycles. The molecule has 3 N–H and O–H groups in total. The summed E-state index contributed by atoms with van der Waals surface area (Å²) < 4.78 is 30.9. The van der Waals surface area contributed by atoms with Gasteiger partial charge in [0.1, 0.15) is 5.69 Å². The van der Waals surface area contributed by atoms with Gasteiger partial charge in [0, 0.05) is 42.0 Å². The smallest absolute Gasteiger partial charge is 0.334 e. The maximum absolute atomic E-state index is 16.2. The molecular weight excluding hydrogens is 607 g/mol. The predicted octanol–water partition coefficient (Wildman–Crippen LogP) is 7.13. The Morgan fingerprint density at radius 2 is 1.88 bits per heavy atom. The molecule has 2 aliphatic rings. The van der Waals surface area contributed by atoms with E-state index in [0.29, 0.717) is 44.7 Å². The number of halogens is 2. The van der Waals surface area contributed by atoms with Crippen LogP contribution in [0.2, 0.25) is 0 Å². The van der Waals surface area contributed by atoms with Crippen LogP contribution in [0.25, 0.3) is 21.8 Å². The van der Waals surface area contributed by atoms with Crippen molar-refractivity contribution in [1.82, 2.24) is 15.0 Å². The topological polar surface area (TPSA) is 94.8 Å². The minimum Gasteiger partial charge on any atom is -0.388 e. The number of aromatic nitrogens is 3. The van der Waals surface area contributed by atoms with E-state index >= 15 is 4.39 Å². The van der Waals surface area contributed by atoms with Crippen LogP contribution in [-0.2, 0) is 5.41 Å². The van der Waals surface area contributed by atoms with E-state index in [2.05, 4.69) is 51.1 Å². The Balaban J connectivity index is 1.33. The van der Waals surface area contributed by atoms with Crippen molar-refractivity contribution in [2.45, 2.75) is 45.1 Å². The first-order valence-corrected chi connectivity index (χ1v) is 16.5. The molecule has 2 aromatic carbocycles. The van der Waals surface area contributed by atoms with Gasteiger partial charge in [-0.1, -0.05) is 36.1 Å². The number of thiazole rings is 1. The van der Waals surface area contributed by atoms with Gasteiger partial charge in [-0.05, 0) is 54.0 Å². The molecule has 224 valence electrons. The van der Waals surface area contributed by atoms with Gasteiger partial charge in [-0.3, -0.25) is 0 Å². The highest BCUT2D eigenvalue weighted by atomic mass is 32.2. The fraction of sp³-hybridized carbons (Fsp3) is 0.367. The van der Waals surface area contributed by atoms with Crippen molar-refractivity contribution in [3.63, 3.8) is 0 Å². The molecule has 8 nitrogen and oxygen atoms in total. The van der Waals surface area contributed by atoms with Gasteiger partial charge >= 0.3 is 5.69 Å². The number of benzene rings is 2. The molecule has 0 bridgehead atoms. The summed E-state index contributed by atoms with van der Waals surface area (Å²) >= 11 is 3.46. The minimum absolute atomic E-state index is 0.108. The number of nitrogens with one attached hydrogen (secondary N) is 3. The lowest BCUT2D eigenvalue weighted by molar-refractivity contribution is -0.429. The summed E-state index contributed by atoms with van der Waals surface area (Å²) in [6.45, 7) is 6.15. The standard InChI is InChI=1S/C30H33F2N7OPS2/c1-29(2,3)27-37-24(26(43-27)21-8-9-34-28(36-21)35-17-12-30(13-17)14-42-15-30)18-6-5-7-20(23(18)32)38-39(40)25-19(31)10-16(33-4)11-22(25)41/h5-11,17,33H,12-15,41H2,1-4H3,(H,38,40)(H,34,35,36)/q+1. The molecule has 4 aromatic rings. The zero-order valence-electron chi connectivity index (χ0n) is 24.3. The minimum atomic E-state index is -0.746. The molecule has 1 saturated carbocycles. The van der Waals surface area contributed by atoms with Crippen molar-refractivity contribution in [3.05, 3.63) is 64.1 Å². The number of hydrazine groups is 1. The monoisotopic (exact) mass is 640 g/mol. The van der Waals surface area contributed by atoms with Crippen molar-refractivity contribution in [3.8, 4) is 21.8 Å². The van der Waals surface area contributed by atoms with Gasteiger partial charge in [-0.2, -0.15) is 16.2 Å². The first-order valence-electron chi connectivity index (χ1n) is 13.9. The van der Waals surface area contributed by atoms with E-state index in [4.69, 9.17) is 9.97 Å². The van der Waals surface area contributed by atoms with Gasteiger partial charge in [0.2, 0.25) is 11.8 Å². The third-order valence-corrected chi connectivity index (χ3v) is 11.3. The Hall–Kier alpha value is -3.21. The van der Waals surface area contributed by atoms with E-state index < -0.39 is 11.6 Å². The van der Waals surface area contributed by atoms with Crippen molar-refractivity contribution in [2.24, 2.45) is 5.41 Å². The van der Waals surface area contributed by atoms with E-state index in [-0.39, 0.29) is 27.2 Å². The second kappa shape index (κ2) is 11.4. The van der Waals surface area contributed by atoms with Crippen molar-refractivity contribution >= 4 is 60.7 Å². The van der Waals surface area contributed by atoms with E-state index in [1.54, 1.807) is 37.5 Å². The lowest BCUT2D eigenvalue weighted by Gasteiger charge is -2.53. The summed E-state index contributed by atoms with van der Waals surface area (Å²) in [6.07, 6.45) is 3.95. The Morgan fingerprint density at radius 3 is 2.53 bits per heavy atom. The van der Waals surface area contributed by atoms with Crippen LogP contribution < -0.4 is 21.4 Å². The lowest BCUT2D eigenvalue weighted by Crippen LogP contribution is -2.53. The number of hydrogen-bond donors (Lipinski definition) is 3. The number of hydrogen-bond acceptors (Lipinski definition) is 8. The van der Waals surface area contributed by atoms with Gasteiger partial charge in [-0.25, -0.2) is 19.3 Å². The second-order valence-electron chi connectivity index (χ2n) is 12.2. The van der Waals surface area contributed by atoms with Gasteiger partial charge in [0.05, 0.1) is 31.5 Å². The molecule has 0 radical (unpaired) electrons. The highest BCUT2D eigenvalue weighted by Crippen LogP contribution is 2.53. The van der Waals surface area contributed by atoms with Crippen molar-refractivity contribution in [2.75, 3.05) is 34.6 Å². The van der Waals surface area contributed by atoms with Crippen LogP contribution in [0.3, 0.4) is 0 Å². The van der Waals surface area contributed by atoms with Gasteiger partial charge in [0.25, 0.3) is 0 Å². The van der Waals surface area contributed by atoms with Crippen molar-refractivity contribution < 1.29 is 13.6 Å². The third kappa shape index (κ3) is 5.84. The maximum Gasteiger partial charge on any atom is 0.334 e. The maximum atomic E-state index is 16.2. The molecule has 1 spiro atoms. The number of thioether (sulfide) groups is 1. The van der Waals surface area contributed by atoms with Crippen molar-refractivity contribution in [1.29, 1.82) is 0 Å². The fourth-order valence-corrected chi connectivity index (χ4v) is 8.19. The zero-order chi connectivity index (χ0) is 30.5. The summed E-state index contributed by atoms with van der Waals surface area (Å²) in [6, 6.07) is 9.65. The Bertz CT molecular complexity index is 1690. The molecule has 1 saturated heterocycles. The number of rotatable bonds is 8. The molecule has 43 heavy (non-hydrogen) atoms. The molecule has 6 rings (SSSR count). The summed E-state index contributed by atoms with van der Waals surface area (Å²) in [5, 5.41) is 7.45. The summed E-state index contributed by atoms with van der Waals surface area (Å²) in [5.41, 5.74) is 4.08. The number of anilines is 3. The molecule has 1 atom stereocenters. The van der Waals surface area contributed by atoms with Gasteiger partial charge < -0.3 is 10.6 Å². The number of nitroso groups, excluding NO2 is 1. The van der Waals surface area contributed by atoms with Crippen LogP contribution >= 0.6 is 32.3 Å². The van der Waals surface area contributed by atoms with E-state index in [9.17, 15) is 9.30 Å². The van der Waals surface area contributed by atoms with Crippen LogP contribution in [0, 0.1) is 22.0 Å². The molecule has 0 amide bonds. The summed E-state index contributed by atoms with van der Waals surface area (Å²) in [5.74, 6) is 1.57. The van der Waals surface area contributed by atoms with E-state index in [1.807, 2.05) is 11.8 Å². The summed E-state index contributed by atoms with van der Waals surface area (Å²) in [7, 11) is 3.99. The largest absolute Gasteiger partial charge is 0.388 e. The van der Waals surface area contributed by atoms with Crippen LogP contribution in [0.5, 0.6) is 0 Å². The quantitative estimate of drug-likeness (QED) is 0.106. The average molecular weight is 641 g/mol. The Kier molecular flexibility index (Phi) is 7.89. The molecule has 1 unspecified atom stereocenters. The Morgan fingerprint density at radius 1 is 1.12 bits per heavy atom. The average Bonchev–Trinajstić information content (AvgIpc) is 3.36. The molecule has 2 fully saturated rings. The lowest BCUT2D eigenvalue weighted by atomic mass is 9.67. The fourth-order valence-electron chi connectivity index (χ4n) is 5.39. The highest BCUT2D eigenvalue weighted by molar-refractivity contribution is 8.00. The number of nitrogens with zero attached hydrogens (tertiary/aromatic N) is 4. The SMILES string of the molecule is CNc1cc(F)c([N+](=O)Nc2cccc(-c3nc(C(C)(C)C)sc3-c3ccnc(NC4CC5(CSC5)C4)n3)c2F)c(P)c1. The van der Waals surface area contributed by atoms with Crippen LogP contribution in [0.1, 0.15) is 38.6 Å². The zero-order valence-corrected chi connectivity index (χ0v) is 27.1. The highest BCUT2D eigenvalue weighted by Gasteiger charge is 2.49. The van der Waals surface area contributed by atoms with Gasteiger partial charge in [-0.15, -0.1) is 16.8 Å². The van der Waals surface area contributed by atoms with Gasteiger partial charge in [0.15, 0.2) is 10.7 Å². The normalized spacial score (nSPS) is 16.0. The predicted molar refractivity (Wildman–Crippen MR) is 176 cm³/mol. The molecule has 13 heteroatoms. The first-order chi connectivity index (χ1) is 20.5.